The number of primary amides is 1. The van der Waals surface area contributed by atoms with Crippen LogP contribution < -0.4 is 21.1 Å². The first-order valence-electron chi connectivity index (χ1n) is 8.81. The van der Waals surface area contributed by atoms with E-state index in [4.69, 9.17) is 10.5 Å². The Morgan fingerprint density at radius 2 is 1.92 bits per heavy atom. The van der Waals surface area contributed by atoms with E-state index in [9.17, 15) is 9.59 Å². The van der Waals surface area contributed by atoms with Crippen molar-refractivity contribution < 1.29 is 14.3 Å². The summed E-state index contributed by atoms with van der Waals surface area (Å²) in [5.41, 5.74) is 5.68. The predicted molar refractivity (Wildman–Crippen MR) is 97.6 cm³/mol. The Morgan fingerprint density at radius 3 is 2.56 bits per heavy atom. The molecule has 1 aromatic carbocycles. The Kier molecular flexibility index (Phi) is 7.53. The number of benzene rings is 1. The lowest BCUT2D eigenvalue weighted by molar-refractivity contribution is -0.119. The average molecular weight is 348 g/mol. The van der Waals surface area contributed by atoms with Crippen LogP contribution in [0.25, 0.3) is 0 Å². The maximum atomic E-state index is 11.9. The van der Waals surface area contributed by atoms with Crippen LogP contribution in [-0.4, -0.2) is 49.6 Å². The number of anilines is 1. The minimum Gasteiger partial charge on any atom is -0.484 e. The van der Waals surface area contributed by atoms with Crippen molar-refractivity contribution in [2.24, 2.45) is 11.7 Å². The molecular formula is C18H28N4O3. The summed E-state index contributed by atoms with van der Waals surface area (Å²) in [6.45, 7) is 6.15. The van der Waals surface area contributed by atoms with E-state index in [0.29, 0.717) is 18.0 Å². The SMILES string of the molecule is CC1CCN(CCCNC(=O)Nc2ccc(OCC(N)=O)cc2)CC1. The number of nitrogens with zero attached hydrogens (tertiary/aromatic N) is 1. The molecule has 0 atom stereocenters. The molecule has 1 saturated heterocycles. The molecule has 3 amide bonds. The highest BCUT2D eigenvalue weighted by Gasteiger charge is 2.14. The third kappa shape index (κ3) is 7.43. The fourth-order valence-electron chi connectivity index (χ4n) is 2.75. The lowest BCUT2D eigenvalue weighted by atomic mass is 9.99. The third-order valence-corrected chi connectivity index (χ3v) is 4.31. The molecule has 2 rings (SSSR count). The Morgan fingerprint density at radius 1 is 1.24 bits per heavy atom. The van der Waals surface area contributed by atoms with Gasteiger partial charge in [0.05, 0.1) is 0 Å². The molecule has 0 spiro atoms. The molecule has 0 radical (unpaired) electrons. The molecule has 1 aromatic rings. The Balaban J connectivity index is 1.60. The number of rotatable bonds is 8. The molecule has 1 aliphatic heterocycles. The zero-order valence-electron chi connectivity index (χ0n) is 14.8. The number of hydrogen-bond acceptors (Lipinski definition) is 4. The van der Waals surface area contributed by atoms with Crippen LogP contribution >= 0.6 is 0 Å². The lowest BCUT2D eigenvalue weighted by Gasteiger charge is -2.30. The molecule has 25 heavy (non-hydrogen) atoms. The van der Waals surface area contributed by atoms with E-state index in [1.807, 2.05) is 0 Å². The van der Waals surface area contributed by atoms with Crippen molar-refractivity contribution in [3.05, 3.63) is 24.3 Å². The highest BCUT2D eigenvalue weighted by atomic mass is 16.5. The molecule has 4 N–H and O–H groups in total. The van der Waals surface area contributed by atoms with Crippen molar-refractivity contribution in [1.29, 1.82) is 0 Å². The van der Waals surface area contributed by atoms with E-state index >= 15 is 0 Å². The van der Waals surface area contributed by atoms with Crippen molar-refractivity contribution in [3.63, 3.8) is 0 Å². The molecular weight excluding hydrogens is 320 g/mol. The van der Waals surface area contributed by atoms with Crippen LogP contribution in [0.15, 0.2) is 24.3 Å². The van der Waals surface area contributed by atoms with E-state index in [2.05, 4.69) is 22.5 Å². The molecule has 0 bridgehead atoms. The largest absolute Gasteiger partial charge is 0.484 e. The highest BCUT2D eigenvalue weighted by Crippen LogP contribution is 2.16. The van der Waals surface area contributed by atoms with Crippen molar-refractivity contribution in [2.75, 3.05) is 38.1 Å². The average Bonchev–Trinajstić information content (AvgIpc) is 2.59. The van der Waals surface area contributed by atoms with Crippen LogP contribution in [-0.2, 0) is 4.79 Å². The minimum atomic E-state index is -0.527. The van der Waals surface area contributed by atoms with Gasteiger partial charge >= 0.3 is 6.03 Å². The number of hydrogen-bond donors (Lipinski definition) is 3. The molecule has 1 aliphatic rings. The molecule has 0 aromatic heterocycles. The minimum absolute atomic E-state index is 0.164. The Bertz CT molecular complexity index is 554. The lowest BCUT2D eigenvalue weighted by Crippen LogP contribution is -2.36. The molecule has 1 fully saturated rings. The number of ether oxygens (including phenoxy) is 1. The van der Waals surface area contributed by atoms with Gasteiger partial charge in [0, 0.05) is 12.2 Å². The van der Waals surface area contributed by atoms with Gasteiger partial charge in [-0.25, -0.2) is 4.79 Å². The molecule has 7 nitrogen and oxygen atoms in total. The number of carbonyl (C=O) groups excluding carboxylic acids is 2. The van der Waals surface area contributed by atoms with Crippen LogP contribution in [0.2, 0.25) is 0 Å². The highest BCUT2D eigenvalue weighted by molar-refractivity contribution is 5.89. The second-order valence-electron chi connectivity index (χ2n) is 6.54. The molecule has 0 saturated carbocycles. The smallest absolute Gasteiger partial charge is 0.319 e. The van der Waals surface area contributed by atoms with Gasteiger partial charge in [-0.15, -0.1) is 0 Å². The fraction of sp³-hybridized carbons (Fsp3) is 0.556. The zero-order valence-corrected chi connectivity index (χ0v) is 14.8. The number of nitrogens with two attached hydrogens (primary N) is 1. The first-order valence-corrected chi connectivity index (χ1v) is 8.81. The summed E-state index contributed by atoms with van der Waals surface area (Å²) in [7, 11) is 0. The first kappa shape index (κ1) is 19.1. The van der Waals surface area contributed by atoms with Gasteiger partial charge in [0.25, 0.3) is 5.91 Å². The van der Waals surface area contributed by atoms with Gasteiger partial charge in [-0.1, -0.05) is 6.92 Å². The van der Waals surface area contributed by atoms with Crippen molar-refractivity contribution in [3.8, 4) is 5.75 Å². The quantitative estimate of drug-likeness (QED) is 0.624. The first-order chi connectivity index (χ1) is 12.0. The second kappa shape index (κ2) is 9.88. The van der Waals surface area contributed by atoms with E-state index in [1.165, 1.54) is 12.8 Å². The summed E-state index contributed by atoms with van der Waals surface area (Å²) in [6, 6.07) is 6.56. The van der Waals surface area contributed by atoms with Gasteiger partial charge in [-0.05, 0) is 69.1 Å². The normalized spacial score (nSPS) is 15.6. The summed E-state index contributed by atoms with van der Waals surface area (Å²) >= 11 is 0. The molecule has 0 unspecified atom stereocenters. The Labute approximate surface area is 148 Å². The van der Waals surface area contributed by atoms with Gasteiger partial charge in [-0.3, -0.25) is 4.79 Å². The van der Waals surface area contributed by atoms with Crippen LogP contribution in [0, 0.1) is 5.92 Å². The van der Waals surface area contributed by atoms with Crippen molar-refractivity contribution in [1.82, 2.24) is 10.2 Å². The fourth-order valence-corrected chi connectivity index (χ4v) is 2.75. The number of piperidine rings is 1. The summed E-state index contributed by atoms with van der Waals surface area (Å²) in [5, 5.41) is 5.63. The molecule has 138 valence electrons. The van der Waals surface area contributed by atoms with Gasteiger partial charge < -0.3 is 26.0 Å². The predicted octanol–water partition coefficient (Wildman–Crippen LogP) is 1.79. The molecule has 0 aliphatic carbocycles. The van der Waals surface area contributed by atoms with Gasteiger partial charge in [0.2, 0.25) is 0 Å². The van der Waals surface area contributed by atoms with Crippen LogP contribution in [0.1, 0.15) is 26.2 Å². The van der Waals surface area contributed by atoms with E-state index < -0.39 is 5.91 Å². The maximum absolute atomic E-state index is 11.9. The number of likely N-dealkylation sites (tertiary alicyclic amines) is 1. The van der Waals surface area contributed by atoms with Crippen molar-refractivity contribution in [2.45, 2.75) is 26.2 Å². The maximum Gasteiger partial charge on any atom is 0.319 e. The summed E-state index contributed by atoms with van der Waals surface area (Å²) in [6.07, 6.45) is 3.49. The molecule has 1 heterocycles. The Hall–Kier alpha value is -2.28. The second-order valence-corrected chi connectivity index (χ2v) is 6.54. The summed E-state index contributed by atoms with van der Waals surface area (Å²) < 4.78 is 5.16. The molecule has 7 heteroatoms. The zero-order chi connectivity index (χ0) is 18.1. The number of urea groups is 1. The topological polar surface area (TPSA) is 96.7 Å². The number of carbonyl (C=O) groups is 2. The number of amides is 3. The number of nitrogens with one attached hydrogen (secondary N) is 2. The van der Waals surface area contributed by atoms with Crippen molar-refractivity contribution >= 4 is 17.6 Å². The monoisotopic (exact) mass is 348 g/mol. The summed E-state index contributed by atoms with van der Waals surface area (Å²) in [5.74, 6) is 0.842. The van der Waals surface area contributed by atoms with Crippen LogP contribution in [0.5, 0.6) is 5.75 Å². The van der Waals surface area contributed by atoms with Crippen LogP contribution in [0.4, 0.5) is 10.5 Å². The van der Waals surface area contributed by atoms with E-state index in [-0.39, 0.29) is 12.6 Å². The standard InChI is InChI=1S/C18H28N4O3/c1-14-7-11-22(12-8-14)10-2-9-20-18(24)21-15-3-5-16(6-4-15)25-13-17(19)23/h3-6,14H,2,7-13H2,1H3,(H2,19,23)(H2,20,21,24). The van der Waals surface area contributed by atoms with Gasteiger partial charge in [0.1, 0.15) is 5.75 Å². The third-order valence-electron chi connectivity index (χ3n) is 4.31. The van der Waals surface area contributed by atoms with Crippen LogP contribution in [0.3, 0.4) is 0 Å². The van der Waals surface area contributed by atoms with E-state index in [1.54, 1.807) is 24.3 Å². The summed E-state index contributed by atoms with van der Waals surface area (Å²) in [4.78, 5) is 25.0. The van der Waals surface area contributed by atoms with Gasteiger partial charge in [-0.2, -0.15) is 0 Å². The van der Waals surface area contributed by atoms with E-state index in [0.717, 1.165) is 32.0 Å². The van der Waals surface area contributed by atoms with Gasteiger partial charge in [0.15, 0.2) is 6.61 Å².